The van der Waals surface area contributed by atoms with E-state index in [1.807, 2.05) is 50.4 Å². The number of hydrogen-bond acceptors (Lipinski definition) is 4. The molecular formula is C30H32ClN3O4. The molecule has 0 aliphatic rings. The fraction of sp³-hybridized carbons (Fsp3) is 0.267. The highest BCUT2D eigenvalue weighted by atomic mass is 35.5. The number of ether oxygens (including phenoxy) is 1. The molecule has 0 radical (unpaired) electrons. The van der Waals surface area contributed by atoms with E-state index in [-0.39, 0.29) is 30.6 Å². The molecule has 7 nitrogen and oxygen atoms in total. The monoisotopic (exact) mass is 533 g/mol. The number of aromatic nitrogens is 1. The number of nitrogens with one attached hydrogen (secondary N) is 3. The van der Waals surface area contributed by atoms with Gasteiger partial charge in [0.2, 0.25) is 0 Å². The second kappa shape index (κ2) is 12.2. The van der Waals surface area contributed by atoms with Crippen LogP contribution in [-0.4, -0.2) is 47.7 Å². The van der Waals surface area contributed by atoms with Crippen LogP contribution in [0, 0.1) is 0 Å². The van der Waals surface area contributed by atoms with Gasteiger partial charge in [-0.2, -0.15) is 0 Å². The fourth-order valence-corrected chi connectivity index (χ4v) is 4.73. The van der Waals surface area contributed by atoms with Crippen molar-refractivity contribution >= 4 is 34.3 Å². The average Bonchev–Trinajstić information content (AvgIpc) is 3.31. The smallest absolute Gasteiger partial charge is 0.255 e. The van der Waals surface area contributed by atoms with Crippen LogP contribution in [-0.2, 0) is 6.42 Å². The Bertz CT molecular complexity index is 1450. The summed E-state index contributed by atoms with van der Waals surface area (Å²) in [7, 11) is 1.55. The van der Waals surface area contributed by atoms with E-state index in [0.717, 1.165) is 27.6 Å². The first-order valence-corrected chi connectivity index (χ1v) is 13.0. The molecule has 1 heterocycles. The summed E-state index contributed by atoms with van der Waals surface area (Å²) in [5.74, 6) is -0.106. The number of amides is 2. The lowest BCUT2D eigenvalue weighted by molar-refractivity contribution is 0.0922. The van der Waals surface area contributed by atoms with Crippen molar-refractivity contribution in [1.29, 1.82) is 0 Å². The Hall–Kier alpha value is -3.81. The molecule has 0 saturated heterocycles. The second-order valence-electron chi connectivity index (χ2n) is 9.40. The van der Waals surface area contributed by atoms with E-state index in [1.165, 1.54) is 0 Å². The minimum Gasteiger partial charge on any atom is -0.490 e. The summed E-state index contributed by atoms with van der Waals surface area (Å²) < 4.78 is 5.96. The minimum absolute atomic E-state index is 0.0567. The van der Waals surface area contributed by atoms with Crippen molar-refractivity contribution in [1.82, 2.24) is 15.6 Å². The predicted octanol–water partition coefficient (Wildman–Crippen LogP) is 5.36. The zero-order valence-corrected chi connectivity index (χ0v) is 22.4. The molecule has 4 rings (SSSR count). The standard InChI is InChI=1S/C30H32ClN3O4/c1-18(2)38-28-11-9-19(20-8-10-24(26(31)16-20)29(36)32-3)15-25(28)30(37)34-22(12-13-35)14-21-17-33-27-7-5-4-6-23(21)27/h4-11,15-18,22,33,35H,12-14H2,1-3H3,(H,32,36)(H,34,37)/t22-/m0/s1. The Morgan fingerprint density at radius 2 is 1.74 bits per heavy atom. The summed E-state index contributed by atoms with van der Waals surface area (Å²) >= 11 is 6.38. The lowest BCUT2D eigenvalue weighted by atomic mass is 9.99. The summed E-state index contributed by atoms with van der Waals surface area (Å²) in [4.78, 5) is 28.9. The number of carbonyl (C=O) groups excluding carboxylic acids is 2. The van der Waals surface area contributed by atoms with Gasteiger partial charge in [0, 0.05) is 36.8 Å². The third-order valence-corrected chi connectivity index (χ3v) is 6.63. The van der Waals surface area contributed by atoms with Gasteiger partial charge in [0.1, 0.15) is 5.75 Å². The molecule has 4 N–H and O–H groups in total. The van der Waals surface area contributed by atoms with Crippen molar-refractivity contribution in [2.45, 2.75) is 38.8 Å². The first-order chi connectivity index (χ1) is 18.3. The van der Waals surface area contributed by atoms with E-state index in [0.29, 0.717) is 34.7 Å². The highest BCUT2D eigenvalue weighted by Crippen LogP contribution is 2.31. The molecule has 0 bridgehead atoms. The lowest BCUT2D eigenvalue weighted by Gasteiger charge is -2.20. The third-order valence-electron chi connectivity index (χ3n) is 6.31. The quantitative estimate of drug-likeness (QED) is 0.220. The number of aliphatic hydroxyl groups excluding tert-OH is 1. The molecule has 8 heteroatoms. The molecule has 2 amide bonds. The Balaban J connectivity index is 1.64. The van der Waals surface area contributed by atoms with Crippen LogP contribution in [0.25, 0.3) is 22.0 Å². The van der Waals surface area contributed by atoms with Crippen molar-refractivity contribution in [2.24, 2.45) is 0 Å². The zero-order valence-electron chi connectivity index (χ0n) is 21.7. The number of aromatic amines is 1. The van der Waals surface area contributed by atoms with Gasteiger partial charge in [-0.05, 0) is 73.7 Å². The van der Waals surface area contributed by atoms with Crippen molar-refractivity contribution in [3.63, 3.8) is 0 Å². The average molecular weight is 534 g/mol. The van der Waals surface area contributed by atoms with E-state index < -0.39 is 0 Å². The number of aliphatic hydroxyl groups is 1. The van der Waals surface area contributed by atoms with Gasteiger partial charge in [-0.3, -0.25) is 9.59 Å². The molecule has 0 spiro atoms. The minimum atomic E-state index is -0.297. The number of halogens is 1. The number of fused-ring (bicyclic) bond motifs is 1. The molecule has 38 heavy (non-hydrogen) atoms. The van der Waals surface area contributed by atoms with Crippen LogP contribution in [0.4, 0.5) is 0 Å². The van der Waals surface area contributed by atoms with E-state index in [1.54, 1.807) is 37.4 Å². The Morgan fingerprint density at radius 1 is 1.00 bits per heavy atom. The van der Waals surface area contributed by atoms with Gasteiger partial charge in [-0.1, -0.05) is 41.9 Å². The van der Waals surface area contributed by atoms with Crippen molar-refractivity contribution in [3.05, 3.63) is 88.6 Å². The van der Waals surface area contributed by atoms with Gasteiger partial charge in [0.05, 0.1) is 22.3 Å². The van der Waals surface area contributed by atoms with Crippen molar-refractivity contribution in [2.75, 3.05) is 13.7 Å². The van der Waals surface area contributed by atoms with E-state index in [4.69, 9.17) is 16.3 Å². The van der Waals surface area contributed by atoms with Crippen LogP contribution >= 0.6 is 11.6 Å². The van der Waals surface area contributed by atoms with E-state index >= 15 is 0 Å². The van der Waals surface area contributed by atoms with Gasteiger partial charge in [-0.15, -0.1) is 0 Å². The predicted molar refractivity (Wildman–Crippen MR) is 151 cm³/mol. The molecule has 3 aromatic carbocycles. The molecule has 0 fully saturated rings. The SMILES string of the molecule is CNC(=O)c1ccc(-c2ccc(OC(C)C)c(C(=O)N[C@@H](CCO)Cc3c[nH]c4ccccc34)c2)cc1Cl. The van der Waals surface area contributed by atoms with Crippen LogP contribution in [0.15, 0.2) is 66.9 Å². The molecule has 0 unspecified atom stereocenters. The summed E-state index contributed by atoms with van der Waals surface area (Å²) in [5, 5.41) is 16.8. The highest BCUT2D eigenvalue weighted by Gasteiger charge is 2.21. The van der Waals surface area contributed by atoms with E-state index in [9.17, 15) is 14.7 Å². The normalized spacial score (nSPS) is 11.9. The number of H-pyrrole nitrogens is 1. The van der Waals surface area contributed by atoms with Gasteiger partial charge in [-0.25, -0.2) is 0 Å². The lowest BCUT2D eigenvalue weighted by Crippen LogP contribution is -2.37. The summed E-state index contributed by atoms with van der Waals surface area (Å²) in [5.41, 5.74) is 4.37. The van der Waals surface area contributed by atoms with Crippen molar-refractivity contribution in [3.8, 4) is 16.9 Å². The number of carbonyl (C=O) groups is 2. The van der Waals surface area contributed by atoms with Crippen LogP contribution in [0.2, 0.25) is 5.02 Å². The Morgan fingerprint density at radius 3 is 2.45 bits per heavy atom. The van der Waals surface area contributed by atoms with Gasteiger partial charge >= 0.3 is 0 Å². The molecule has 198 valence electrons. The summed E-state index contributed by atoms with van der Waals surface area (Å²) in [6.45, 7) is 3.75. The number of hydrogen-bond donors (Lipinski definition) is 4. The third kappa shape index (κ3) is 6.18. The highest BCUT2D eigenvalue weighted by molar-refractivity contribution is 6.34. The van der Waals surface area contributed by atoms with Crippen molar-refractivity contribution < 1.29 is 19.4 Å². The fourth-order valence-electron chi connectivity index (χ4n) is 4.47. The Labute approximate surface area is 227 Å². The molecule has 0 aliphatic carbocycles. The molecule has 0 saturated carbocycles. The van der Waals surface area contributed by atoms with E-state index in [2.05, 4.69) is 15.6 Å². The maximum absolute atomic E-state index is 13.6. The maximum Gasteiger partial charge on any atom is 0.255 e. The van der Waals surface area contributed by atoms with Crippen LogP contribution in [0.3, 0.4) is 0 Å². The topological polar surface area (TPSA) is 103 Å². The van der Waals surface area contributed by atoms with Gasteiger partial charge in [0.25, 0.3) is 11.8 Å². The maximum atomic E-state index is 13.6. The van der Waals surface area contributed by atoms with Crippen LogP contribution in [0.5, 0.6) is 5.75 Å². The number of para-hydroxylation sites is 1. The molecule has 1 aromatic heterocycles. The Kier molecular flexibility index (Phi) is 8.71. The first kappa shape index (κ1) is 27.2. The zero-order chi connectivity index (χ0) is 27.2. The van der Waals surface area contributed by atoms with Gasteiger partial charge < -0.3 is 25.5 Å². The molecule has 4 aromatic rings. The number of rotatable bonds is 10. The molecular weight excluding hydrogens is 502 g/mol. The van der Waals surface area contributed by atoms with Crippen LogP contribution < -0.4 is 15.4 Å². The second-order valence-corrected chi connectivity index (χ2v) is 9.80. The first-order valence-electron chi connectivity index (χ1n) is 12.6. The number of benzene rings is 3. The van der Waals surface area contributed by atoms with Crippen LogP contribution in [0.1, 0.15) is 46.5 Å². The summed E-state index contributed by atoms with van der Waals surface area (Å²) in [6.07, 6.45) is 2.78. The molecule has 1 atom stereocenters. The molecule has 0 aliphatic heterocycles. The summed E-state index contributed by atoms with van der Waals surface area (Å²) in [6, 6.07) is 18.3. The van der Waals surface area contributed by atoms with Gasteiger partial charge in [0.15, 0.2) is 0 Å². The largest absolute Gasteiger partial charge is 0.490 e.